The van der Waals surface area contributed by atoms with Crippen molar-refractivity contribution >= 4 is 39.7 Å². The van der Waals surface area contributed by atoms with Gasteiger partial charge in [0.25, 0.3) is 5.91 Å². The lowest BCUT2D eigenvalue weighted by atomic mass is 10.1. The molecule has 1 amide bonds. The van der Waals surface area contributed by atoms with E-state index >= 15 is 0 Å². The van der Waals surface area contributed by atoms with Crippen LogP contribution in [-0.2, 0) is 6.54 Å². The van der Waals surface area contributed by atoms with Gasteiger partial charge in [-0.25, -0.2) is 15.0 Å². The molecule has 1 aromatic carbocycles. The summed E-state index contributed by atoms with van der Waals surface area (Å²) < 4.78 is 1.93. The molecule has 5 rings (SSSR count). The predicted octanol–water partition coefficient (Wildman–Crippen LogP) is 2.85. The Hall–Kier alpha value is -4.27. The van der Waals surface area contributed by atoms with Gasteiger partial charge >= 0.3 is 0 Å². The maximum absolute atomic E-state index is 11.8. The fourth-order valence-corrected chi connectivity index (χ4v) is 3.27. The molecule has 0 spiro atoms. The van der Waals surface area contributed by atoms with E-state index in [0.29, 0.717) is 23.7 Å². The molecule has 0 unspecified atom stereocenters. The summed E-state index contributed by atoms with van der Waals surface area (Å²) in [6, 6.07) is 13.5. The van der Waals surface area contributed by atoms with Crippen molar-refractivity contribution in [2.75, 3.05) is 12.4 Å². The highest BCUT2D eigenvalue weighted by molar-refractivity contribution is 5.94. The van der Waals surface area contributed by atoms with E-state index in [4.69, 9.17) is 0 Å². The van der Waals surface area contributed by atoms with Crippen molar-refractivity contribution in [1.82, 2.24) is 35.0 Å². The highest BCUT2D eigenvalue weighted by atomic mass is 16.1. The number of nitrogens with zero attached hydrogens (tertiary/aromatic N) is 5. The van der Waals surface area contributed by atoms with Gasteiger partial charge in [-0.3, -0.25) is 19.6 Å². The Morgan fingerprint density at radius 2 is 2.00 bits per heavy atom. The van der Waals surface area contributed by atoms with Crippen molar-refractivity contribution in [3.05, 3.63) is 72.2 Å². The predicted molar refractivity (Wildman–Crippen MR) is 114 cm³/mol. The molecule has 0 atom stereocenters. The second-order valence-corrected chi connectivity index (χ2v) is 6.79. The van der Waals surface area contributed by atoms with Crippen LogP contribution in [0, 0.1) is 0 Å². The van der Waals surface area contributed by atoms with Crippen molar-refractivity contribution in [2.45, 2.75) is 6.54 Å². The maximum atomic E-state index is 11.8. The van der Waals surface area contributed by atoms with E-state index in [2.05, 4.69) is 47.8 Å². The van der Waals surface area contributed by atoms with Crippen LogP contribution in [-0.4, -0.2) is 42.7 Å². The van der Waals surface area contributed by atoms with Gasteiger partial charge in [-0.1, -0.05) is 12.1 Å². The minimum absolute atomic E-state index is 0.176. The summed E-state index contributed by atoms with van der Waals surface area (Å²) in [6.07, 6.45) is 4.99. The van der Waals surface area contributed by atoms with Gasteiger partial charge in [0.1, 0.15) is 5.82 Å². The zero-order valence-corrected chi connectivity index (χ0v) is 16.1. The second-order valence-electron chi connectivity index (χ2n) is 6.79. The van der Waals surface area contributed by atoms with Gasteiger partial charge in [-0.2, -0.15) is 0 Å². The Morgan fingerprint density at radius 1 is 1.07 bits per heavy atom. The van der Waals surface area contributed by atoms with Gasteiger partial charge in [0.2, 0.25) is 0 Å². The number of aromatic nitrogens is 6. The van der Waals surface area contributed by atoms with Gasteiger partial charge in [0.05, 0.1) is 18.3 Å². The number of rotatable bonds is 5. The molecule has 0 aliphatic carbocycles. The van der Waals surface area contributed by atoms with Crippen LogP contribution in [0.5, 0.6) is 0 Å². The van der Waals surface area contributed by atoms with Gasteiger partial charge < -0.3 is 10.6 Å². The molecule has 0 saturated heterocycles. The number of aromatic amines is 1. The lowest BCUT2D eigenvalue weighted by Crippen LogP contribution is -2.18. The molecule has 9 heteroatoms. The van der Waals surface area contributed by atoms with Gasteiger partial charge in [-0.05, 0) is 35.9 Å². The van der Waals surface area contributed by atoms with E-state index in [0.717, 1.165) is 27.8 Å². The van der Waals surface area contributed by atoms with Crippen LogP contribution >= 0.6 is 0 Å². The normalized spacial score (nSPS) is 11.1. The third-order valence-corrected chi connectivity index (χ3v) is 4.76. The summed E-state index contributed by atoms with van der Waals surface area (Å²) in [5.41, 5.74) is 4.08. The zero-order valence-electron chi connectivity index (χ0n) is 16.1. The number of amides is 1. The first-order valence-corrected chi connectivity index (χ1v) is 9.40. The molecule has 0 aliphatic heterocycles. The number of pyridine rings is 2. The lowest BCUT2D eigenvalue weighted by Gasteiger charge is -2.16. The van der Waals surface area contributed by atoms with E-state index < -0.39 is 0 Å². The summed E-state index contributed by atoms with van der Waals surface area (Å²) in [5.74, 6) is 0.889. The van der Waals surface area contributed by atoms with E-state index in [1.54, 1.807) is 37.8 Å². The number of benzene rings is 1. The van der Waals surface area contributed by atoms with Crippen LogP contribution in [0.2, 0.25) is 0 Å². The van der Waals surface area contributed by atoms with Gasteiger partial charge in [-0.15, -0.1) is 0 Å². The van der Waals surface area contributed by atoms with Gasteiger partial charge in [0, 0.05) is 30.4 Å². The molecule has 4 aromatic heterocycles. The zero-order chi connectivity index (χ0) is 20.5. The van der Waals surface area contributed by atoms with Crippen molar-refractivity contribution in [1.29, 1.82) is 0 Å². The first-order chi connectivity index (χ1) is 14.7. The molecule has 9 nitrogen and oxygen atoms in total. The van der Waals surface area contributed by atoms with Crippen molar-refractivity contribution < 1.29 is 4.79 Å². The number of H-pyrrole nitrogens is 1. The fraction of sp³-hybridized carbons (Fsp3) is 0.0952. The highest BCUT2D eigenvalue weighted by Crippen LogP contribution is 2.19. The van der Waals surface area contributed by atoms with Crippen molar-refractivity contribution in [3.63, 3.8) is 0 Å². The van der Waals surface area contributed by atoms with Crippen LogP contribution in [0.1, 0.15) is 15.9 Å². The SMILES string of the molecule is CNC(=O)c1ccnc(Nc2cnc3[nH]n(Cc4ccc5ncccc5c4)c3n2)c1. The van der Waals surface area contributed by atoms with E-state index in [1.807, 2.05) is 22.9 Å². The van der Waals surface area contributed by atoms with Crippen LogP contribution in [0.25, 0.3) is 22.2 Å². The van der Waals surface area contributed by atoms with E-state index in [1.165, 1.54) is 0 Å². The number of hydrogen-bond donors (Lipinski definition) is 3. The van der Waals surface area contributed by atoms with Gasteiger partial charge in [0.15, 0.2) is 17.1 Å². The summed E-state index contributed by atoms with van der Waals surface area (Å²) in [5, 5.41) is 9.99. The molecule has 0 radical (unpaired) electrons. The molecule has 30 heavy (non-hydrogen) atoms. The minimum atomic E-state index is -0.176. The molecule has 5 aromatic rings. The lowest BCUT2D eigenvalue weighted by molar-refractivity contribution is 0.0963. The third-order valence-electron chi connectivity index (χ3n) is 4.76. The molecule has 0 bridgehead atoms. The Bertz CT molecular complexity index is 1370. The first-order valence-electron chi connectivity index (χ1n) is 9.40. The summed E-state index contributed by atoms with van der Waals surface area (Å²) in [7, 11) is 1.59. The summed E-state index contributed by atoms with van der Waals surface area (Å²) in [4.78, 5) is 29.4. The Morgan fingerprint density at radius 3 is 2.90 bits per heavy atom. The molecule has 3 N–H and O–H groups in total. The topological polar surface area (TPSA) is 113 Å². The van der Waals surface area contributed by atoms with Crippen molar-refractivity contribution in [3.8, 4) is 0 Å². The number of anilines is 2. The summed E-state index contributed by atoms with van der Waals surface area (Å²) in [6.45, 7) is 0.639. The monoisotopic (exact) mass is 398 g/mol. The summed E-state index contributed by atoms with van der Waals surface area (Å²) >= 11 is 0. The Balaban J connectivity index is 1.39. The fourth-order valence-electron chi connectivity index (χ4n) is 3.27. The number of hydrogen-bond acceptors (Lipinski definition) is 6. The quantitative estimate of drug-likeness (QED) is 0.420. The molecule has 0 saturated carbocycles. The number of nitrogens with one attached hydrogen (secondary N) is 3. The van der Waals surface area contributed by atoms with E-state index in [-0.39, 0.29) is 5.91 Å². The van der Waals surface area contributed by atoms with Crippen molar-refractivity contribution in [2.24, 2.45) is 0 Å². The third kappa shape index (κ3) is 3.32. The molecule has 0 aliphatic rings. The maximum Gasteiger partial charge on any atom is 0.251 e. The average molecular weight is 398 g/mol. The molecule has 0 fully saturated rings. The molecule has 4 heterocycles. The second kappa shape index (κ2) is 7.28. The van der Waals surface area contributed by atoms with Crippen LogP contribution in [0.15, 0.2) is 61.1 Å². The van der Waals surface area contributed by atoms with Crippen LogP contribution < -0.4 is 10.6 Å². The number of fused-ring (bicyclic) bond motifs is 2. The number of carbonyl (C=O) groups is 1. The number of carbonyl (C=O) groups excluding carboxylic acids is 1. The first kappa shape index (κ1) is 17.8. The molecular weight excluding hydrogens is 380 g/mol. The molecule has 148 valence electrons. The molecular formula is C21H18N8O. The minimum Gasteiger partial charge on any atom is -0.355 e. The standard InChI is InChI=1S/C21H18N8O/c1-22-21(30)15-6-8-24-17(10-15)26-18-11-25-19-20(27-18)29(28-19)12-13-4-5-16-14(9-13)3-2-7-23-16/h2-11H,12H2,1H3,(H,22,30)(H,25,28)(H,24,26,27). The highest BCUT2D eigenvalue weighted by Gasteiger charge is 2.12. The van der Waals surface area contributed by atoms with E-state index in [9.17, 15) is 4.79 Å². The van der Waals surface area contributed by atoms with Crippen LogP contribution in [0.4, 0.5) is 11.6 Å². The van der Waals surface area contributed by atoms with Crippen LogP contribution in [0.3, 0.4) is 0 Å². The Labute approximate surface area is 171 Å². The Kier molecular flexibility index (Phi) is 4.32. The smallest absolute Gasteiger partial charge is 0.251 e. The average Bonchev–Trinajstić information content (AvgIpc) is 2.78. The largest absolute Gasteiger partial charge is 0.355 e.